The van der Waals surface area contributed by atoms with Crippen LogP contribution in [0.5, 0.6) is 0 Å². The van der Waals surface area contributed by atoms with Gasteiger partial charge in [0.25, 0.3) is 0 Å². The normalized spacial score (nSPS) is 10.4. The summed E-state index contributed by atoms with van der Waals surface area (Å²) in [5.41, 5.74) is 5.22. The van der Waals surface area contributed by atoms with Crippen molar-refractivity contribution in [2.45, 2.75) is 25.7 Å². The fraction of sp³-hybridized carbons (Fsp3) is 0.579. The molecule has 156 valence electrons. The minimum Gasteiger partial charge on any atom is -0.516 e. The molecular formula is C19H30F3NO4. The predicted molar refractivity (Wildman–Crippen MR) is 98.2 cm³/mol. The molecule has 0 unspecified atom stereocenters. The third kappa shape index (κ3) is 14.2. The van der Waals surface area contributed by atoms with Crippen molar-refractivity contribution in [1.82, 2.24) is 0 Å². The van der Waals surface area contributed by atoms with Crippen molar-refractivity contribution < 1.29 is 32.5 Å². The molecule has 0 bridgehead atoms. The Hall–Kier alpha value is -1.61. The average molecular weight is 393 g/mol. The number of hydrogen-bond acceptors (Lipinski definition) is 5. The van der Waals surface area contributed by atoms with Gasteiger partial charge in [-0.25, -0.2) is 13.2 Å². The molecule has 0 aliphatic heterocycles. The van der Waals surface area contributed by atoms with Gasteiger partial charge in [0, 0.05) is 30.8 Å². The molecule has 0 amide bonds. The molecule has 0 aliphatic carbocycles. The third-order valence-corrected chi connectivity index (χ3v) is 3.33. The summed E-state index contributed by atoms with van der Waals surface area (Å²) in [7, 11) is 0. The van der Waals surface area contributed by atoms with Crippen LogP contribution in [0.15, 0.2) is 25.0 Å². The van der Waals surface area contributed by atoms with E-state index in [0.29, 0.717) is 64.7 Å². The molecule has 0 aliphatic rings. The standard InChI is InChI=1S/C17H26F3NO3.C2H4O/c18-14-12-16(19)15(17(20)13-14)4-2-1-3-6-22-8-10-24-11-9-23-7-5-21;1-2-3/h12-13H,1-11,21H2;2-3H,1H2. The summed E-state index contributed by atoms with van der Waals surface area (Å²) < 4.78 is 55.5. The van der Waals surface area contributed by atoms with Gasteiger partial charge in [-0.2, -0.15) is 0 Å². The van der Waals surface area contributed by atoms with Crippen molar-refractivity contribution in [2.24, 2.45) is 5.73 Å². The molecule has 27 heavy (non-hydrogen) atoms. The zero-order valence-corrected chi connectivity index (χ0v) is 15.6. The number of hydrogen-bond donors (Lipinski definition) is 2. The summed E-state index contributed by atoms with van der Waals surface area (Å²) in [4.78, 5) is 0. The molecular weight excluding hydrogens is 363 g/mol. The Morgan fingerprint density at radius 2 is 1.33 bits per heavy atom. The van der Waals surface area contributed by atoms with Crippen LogP contribution in [0.1, 0.15) is 24.8 Å². The summed E-state index contributed by atoms with van der Waals surface area (Å²) in [5.74, 6) is -2.54. The van der Waals surface area contributed by atoms with Gasteiger partial charge < -0.3 is 25.1 Å². The van der Waals surface area contributed by atoms with Crippen LogP contribution in [-0.2, 0) is 20.6 Å². The maximum atomic E-state index is 13.4. The van der Waals surface area contributed by atoms with Crippen LogP contribution in [-0.4, -0.2) is 51.3 Å². The molecule has 8 heteroatoms. The second kappa shape index (κ2) is 17.8. The number of unbranched alkanes of at least 4 members (excludes halogenated alkanes) is 2. The molecule has 0 saturated heterocycles. The molecule has 1 aromatic carbocycles. The number of benzene rings is 1. The first-order chi connectivity index (χ1) is 13.1. The Bertz CT molecular complexity index is 481. The SMILES string of the molecule is C=CO.NCCOCCOCCOCCCCCc1c(F)cc(F)cc1F. The Morgan fingerprint density at radius 3 is 1.85 bits per heavy atom. The average Bonchev–Trinajstić information content (AvgIpc) is 2.61. The summed E-state index contributed by atoms with van der Waals surface area (Å²) in [6.45, 7) is 6.55. The summed E-state index contributed by atoms with van der Waals surface area (Å²) in [5, 5.41) is 7.33. The van der Waals surface area contributed by atoms with E-state index in [-0.39, 0.29) is 12.0 Å². The van der Waals surface area contributed by atoms with Gasteiger partial charge in [-0.15, -0.1) is 0 Å². The molecule has 5 nitrogen and oxygen atoms in total. The minimum absolute atomic E-state index is 0.0532. The van der Waals surface area contributed by atoms with Gasteiger partial charge in [-0.05, 0) is 19.3 Å². The lowest BCUT2D eigenvalue weighted by Gasteiger charge is -2.07. The van der Waals surface area contributed by atoms with Gasteiger partial charge in [0.2, 0.25) is 0 Å². The van der Waals surface area contributed by atoms with Crippen molar-refractivity contribution in [2.75, 3.05) is 46.2 Å². The Morgan fingerprint density at radius 1 is 0.852 bits per heavy atom. The lowest BCUT2D eigenvalue weighted by Crippen LogP contribution is -2.13. The summed E-state index contributed by atoms with van der Waals surface area (Å²) in [6, 6.07) is 1.42. The second-order valence-electron chi connectivity index (χ2n) is 5.47. The van der Waals surface area contributed by atoms with Gasteiger partial charge in [-0.3, -0.25) is 0 Å². The zero-order valence-electron chi connectivity index (χ0n) is 15.6. The Labute approximate surface area is 158 Å². The van der Waals surface area contributed by atoms with Crippen molar-refractivity contribution >= 4 is 0 Å². The van der Waals surface area contributed by atoms with E-state index in [1.54, 1.807) is 0 Å². The molecule has 0 spiro atoms. The van der Waals surface area contributed by atoms with Gasteiger partial charge in [0.15, 0.2) is 0 Å². The fourth-order valence-corrected chi connectivity index (χ4v) is 2.12. The topological polar surface area (TPSA) is 73.9 Å². The lowest BCUT2D eigenvalue weighted by atomic mass is 10.1. The lowest BCUT2D eigenvalue weighted by molar-refractivity contribution is 0.0153. The molecule has 1 rings (SSSR count). The van der Waals surface area contributed by atoms with E-state index in [4.69, 9.17) is 25.1 Å². The summed E-state index contributed by atoms with van der Waals surface area (Å²) in [6.07, 6.45) is 3.20. The first-order valence-corrected chi connectivity index (χ1v) is 8.88. The highest BCUT2D eigenvalue weighted by atomic mass is 19.1. The van der Waals surface area contributed by atoms with Gasteiger partial charge in [0.05, 0.1) is 39.3 Å². The van der Waals surface area contributed by atoms with Crippen LogP contribution < -0.4 is 5.73 Å². The number of ether oxygens (including phenoxy) is 3. The molecule has 0 radical (unpaired) electrons. The van der Waals surface area contributed by atoms with Crippen molar-refractivity contribution in [1.29, 1.82) is 0 Å². The largest absolute Gasteiger partial charge is 0.516 e. The number of rotatable bonds is 14. The predicted octanol–water partition coefficient (Wildman–Crippen LogP) is 3.51. The van der Waals surface area contributed by atoms with E-state index < -0.39 is 17.5 Å². The van der Waals surface area contributed by atoms with Crippen LogP contribution in [0.25, 0.3) is 0 Å². The number of halogens is 3. The highest BCUT2D eigenvalue weighted by Crippen LogP contribution is 2.17. The second-order valence-corrected chi connectivity index (χ2v) is 5.47. The van der Waals surface area contributed by atoms with Crippen LogP contribution in [0.3, 0.4) is 0 Å². The highest BCUT2D eigenvalue weighted by Gasteiger charge is 2.10. The zero-order chi connectivity index (χ0) is 20.3. The van der Waals surface area contributed by atoms with Crippen LogP contribution in [0.2, 0.25) is 0 Å². The van der Waals surface area contributed by atoms with Crippen molar-refractivity contribution in [3.8, 4) is 0 Å². The maximum absolute atomic E-state index is 13.4. The molecule has 0 atom stereocenters. The van der Waals surface area contributed by atoms with Crippen molar-refractivity contribution in [3.63, 3.8) is 0 Å². The minimum atomic E-state index is -0.893. The van der Waals surface area contributed by atoms with E-state index in [2.05, 4.69) is 6.58 Å². The van der Waals surface area contributed by atoms with E-state index in [9.17, 15) is 13.2 Å². The maximum Gasteiger partial charge on any atom is 0.132 e. The van der Waals surface area contributed by atoms with Crippen LogP contribution >= 0.6 is 0 Å². The van der Waals surface area contributed by atoms with E-state index in [1.165, 1.54) is 0 Å². The van der Waals surface area contributed by atoms with E-state index >= 15 is 0 Å². The quantitative estimate of drug-likeness (QED) is 0.374. The monoisotopic (exact) mass is 393 g/mol. The van der Waals surface area contributed by atoms with Gasteiger partial charge in [0.1, 0.15) is 17.5 Å². The Balaban J connectivity index is 0.00000210. The highest BCUT2D eigenvalue weighted by molar-refractivity contribution is 5.20. The Kier molecular flexibility index (Phi) is 16.7. The first-order valence-electron chi connectivity index (χ1n) is 8.88. The summed E-state index contributed by atoms with van der Waals surface area (Å²) >= 11 is 0. The van der Waals surface area contributed by atoms with E-state index in [0.717, 1.165) is 19.1 Å². The fourth-order valence-electron chi connectivity index (χ4n) is 2.12. The molecule has 0 saturated carbocycles. The smallest absolute Gasteiger partial charge is 0.132 e. The van der Waals surface area contributed by atoms with Gasteiger partial charge >= 0.3 is 0 Å². The number of aliphatic hydroxyl groups excluding tert-OH is 1. The van der Waals surface area contributed by atoms with E-state index in [1.807, 2.05) is 0 Å². The molecule has 0 fully saturated rings. The molecule has 0 heterocycles. The van der Waals surface area contributed by atoms with Crippen LogP contribution in [0, 0.1) is 17.5 Å². The van der Waals surface area contributed by atoms with Crippen LogP contribution in [0.4, 0.5) is 13.2 Å². The number of nitrogens with two attached hydrogens (primary N) is 1. The van der Waals surface area contributed by atoms with Crippen molar-refractivity contribution in [3.05, 3.63) is 48.0 Å². The molecule has 0 aromatic heterocycles. The molecule has 3 N–H and O–H groups in total. The molecule has 1 aromatic rings. The first kappa shape index (κ1) is 25.4. The number of aliphatic hydroxyl groups is 1. The van der Waals surface area contributed by atoms with Gasteiger partial charge in [-0.1, -0.05) is 13.0 Å². The third-order valence-electron chi connectivity index (χ3n) is 3.33.